The monoisotopic (exact) mass is 290 g/mol. The second-order valence-corrected chi connectivity index (χ2v) is 6.02. The number of carbonyl (C=O) groups is 2. The van der Waals surface area contributed by atoms with Gasteiger partial charge in [-0.15, -0.1) is 22.7 Å². The molecule has 0 N–H and O–H groups in total. The number of thiophene rings is 2. The third kappa shape index (κ3) is 2.35. The summed E-state index contributed by atoms with van der Waals surface area (Å²) in [5, 5.41) is 3.13. The summed E-state index contributed by atoms with van der Waals surface area (Å²) in [6.07, 6.45) is 0. The number of carbonyl (C=O) groups excluding carboxylic acids is 2. The lowest BCUT2D eigenvalue weighted by Crippen LogP contribution is -2.12. The van der Waals surface area contributed by atoms with Gasteiger partial charge in [0.2, 0.25) is 11.6 Å². The molecule has 0 aliphatic carbocycles. The fourth-order valence-corrected chi connectivity index (χ4v) is 2.84. The van der Waals surface area contributed by atoms with E-state index in [9.17, 15) is 9.59 Å². The number of hydrogen-bond acceptors (Lipinski definition) is 4. The standard InChI is InChI=1S/C10H4Cl2O2S2/c11-7-1-5(3-15-7)9(13)10(14)6-2-8(12)16-4-6/h1-4H. The van der Waals surface area contributed by atoms with E-state index in [-0.39, 0.29) is 0 Å². The Kier molecular flexibility index (Phi) is 3.44. The van der Waals surface area contributed by atoms with Gasteiger partial charge in [0.25, 0.3) is 0 Å². The van der Waals surface area contributed by atoms with Crippen LogP contribution < -0.4 is 0 Å². The summed E-state index contributed by atoms with van der Waals surface area (Å²) in [5.74, 6) is -1.12. The van der Waals surface area contributed by atoms with E-state index < -0.39 is 11.6 Å². The van der Waals surface area contributed by atoms with Crippen LogP contribution in [-0.2, 0) is 0 Å². The molecule has 0 spiro atoms. The molecule has 82 valence electrons. The van der Waals surface area contributed by atoms with Gasteiger partial charge in [-0.1, -0.05) is 23.2 Å². The number of hydrogen-bond donors (Lipinski definition) is 0. The second kappa shape index (κ2) is 4.67. The topological polar surface area (TPSA) is 34.1 Å². The lowest BCUT2D eigenvalue weighted by atomic mass is 10.1. The Morgan fingerprint density at radius 2 is 1.25 bits per heavy atom. The van der Waals surface area contributed by atoms with E-state index >= 15 is 0 Å². The molecule has 0 radical (unpaired) electrons. The Hall–Kier alpha value is -0.680. The minimum Gasteiger partial charge on any atom is -0.285 e. The summed E-state index contributed by atoms with van der Waals surface area (Å²) in [7, 11) is 0. The molecule has 0 aliphatic heterocycles. The van der Waals surface area contributed by atoms with Gasteiger partial charge in [0, 0.05) is 21.9 Å². The van der Waals surface area contributed by atoms with E-state index in [2.05, 4.69) is 0 Å². The number of halogens is 2. The first-order chi connectivity index (χ1) is 7.58. The maximum atomic E-state index is 11.7. The van der Waals surface area contributed by atoms with Crippen molar-refractivity contribution < 1.29 is 9.59 Å². The van der Waals surface area contributed by atoms with Crippen LogP contribution in [0.1, 0.15) is 20.7 Å². The van der Waals surface area contributed by atoms with Crippen LogP contribution in [0.4, 0.5) is 0 Å². The molecule has 0 aromatic carbocycles. The van der Waals surface area contributed by atoms with Gasteiger partial charge in [-0.2, -0.15) is 0 Å². The average Bonchev–Trinajstić information content (AvgIpc) is 2.85. The van der Waals surface area contributed by atoms with E-state index in [0.717, 1.165) is 0 Å². The average molecular weight is 291 g/mol. The Bertz CT molecular complexity index is 506. The van der Waals surface area contributed by atoms with E-state index in [1.807, 2.05) is 0 Å². The van der Waals surface area contributed by atoms with Crippen molar-refractivity contribution in [3.63, 3.8) is 0 Å². The van der Waals surface area contributed by atoms with Crippen molar-refractivity contribution in [3.05, 3.63) is 42.7 Å². The van der Waals surface area contributed by atoms with Gasteiger partial charge < -0.3 is 0 Å². The van der Waals surface area contributed by atoms with Crippen LogP contribution in [0.15, 0.2) is 22.9 Å². The molecule has 0 saturated carbocycles. The quantitative estimate of drug-likeness (QED) is 0.628. The molecule has 2 nitrogen and oxygen atoms in total. The Labute approximate surface area is 109 Å². The molecule has 0 fully saturated rings. The first-order valence-corrected chi connectivity index (χ1v) is 6.66. The zero-order valence-corrected chi connectivity index (χ0v) is 10.8. The zero-order valence-electron chi connectivity index (χ0n) is 7.70. The van der Waals surface area contributed by atoms with Crippen LogP contribution in [0.5, 0.6) is 0 Å². The maximum Gasteiger partial charge on any atom is 0.234 e. The molecule has 2 aromatic rings. The molecule has 6 heteroatoms. The molecule has 16 heavy (non-hydrogen) atoms. The van der Waals surface area contributed by atoms with Crippen LogP contribution in [0.25, 0.3) is 0 Å². The fourth-order valence-electron chi connectivity index (χ4n) is 1.12. The van der Waals surface area contributed by atoms with Gasteiger partial charge in [-0.3, -0.25) is 9.59 Å². The first-order valence-electron chi connectivity index (χ1n) is 4.15. The Balaban J connectivity index is 2.26. The predicted octanol–water partition coefficient (Wildman–Crippen LogP) is 4.18. The first kappa shape index (κ1) is 11.8. The molecule has 0 aliphatic rings. The van der Waals surface area contributed by atoms with Crippen LogP contribution in [0, 0.1) is 0 Å². The van der Waals surface area contributed by atoms with Crippen molar-refractivity contribution >= 4 is 57.4 Å². The van der Waals surface area contributed by atoms with Crippen LogP contribution in [-0.4, -0.2) is 11.6 Å². The zero-order chi connectivity index (χ0) is 11.7. The molecular formula is C10H4Cl2O2S2. The summed E-state index contributed by atoms with van der Waals surface area (Å²) in [6.45, 7) is 0. The van der Waals surface area contributed by atoms with Crippen LogP contribution in [0.3, 0.4) is 0 Å². The van der Waals surface area contributed by atoms with E-state index in [1.54, 1.807) is 10.8 Å². The third-order valence-corrected chi connectivity index (χ3v) is 4.05. The highest BCUT2D eigenvalue weighted by molar-refractivity contribution is 7.15. The van der Waals surface area contributed by atoms with Gasteiger partial charge in [0.05, 0.1) is 8.67 Å². The van der Waals surface area contributed by atoms with E-state index in [4.69, 9.17) is 23.2 Å². The SMILES string of the molecule is O=C(C(=O)c1csc(Cl)c1)c1csc(Cl)c1. The molecule has 0 amide bonds. The predicted molar refractivity (Wildman–Crippen MR) is 67.3 cm³/mol. The summed E-state index contributed by atoms with van der Waals surface area (Å²) in [6, 6.07) is 2.97. The third-order valence-electron chi connectivity index (χ3n) is 1.87. The van der Waals surface area contributed by atoms with Crippen molar-refractivity contribution in [3.8, 4) is 0 Å². The van der Waals surface area contributed by atoms with Gasteiger partial charge >= 0.3 is 0 Å². The molecule has 2 rings (SSSR count). The molecule has 2 aromatic heterocycles. The van der Waals surface area contributed by atoms with Crippen molar-refractivity contribution in [2.24, 2.45) is 0 Å². The Morgan fingerprint density at radius 3 is 1.50 bits per heavy atom. The molecule has 0 atom stereocenters. The maximum absolute atomic E-state index is 11.7. The highest BCUT2D eigenvalue weighted by atomic mass is 35.5. The Morgan fingerprint density at radius 1 is 0.875 bits per heavy atom. The van der Waals surface area contributed by atoms with Gasteiger partial charge in [-0.25, -0.2) is 0 Å². The van der Waals surface area contributed by atoms with Crippen molar-refractivity contribution in [1.82, 2.24) is 0 Å². The van der Waals surface area contributed by atoms with Crippen LogP contribution in [0.2, 0.25) is 8.67 Å². The summed E-state index contributed by atoms with van der Waals surface area (Å²) in [5.41, 5.74) is 0.643. The lowest BCUT2D eigenvalue weighted by molar-refractivity contribution is 0.0817. The minimum absolute atomic E-state index is 0.322. The smallest absolute Gasteiger partial charge is 0.234 e. The summed E-state index contributed by atoms with van der Waals surface area (Å²) < 4.78 is 0.971. The highest BCUT2D eigenvalue weighted by Crippen LogP contribution is 2.24. The van der Waals surface area contributed by atoms with Gasteiger partial charge in [0.1, 0.15) is 0 Å². The summed E-state index contributed by atoms with van der Waals surface area (Å²) >= 11 is 13.8. The van der Waals surface area contributed by atoms with Crippen molar-refractivity contribution in [2.75, 3.05) is 0 Å². The van der Waals surface area contributed by atoms with E-state index in [1.165, 1.54) is 34.8 Å². The largest absolute Gasteiger partial charge is 0.285 e. The number of rotatable bonds is 3. The normalized spacial score (nSPS) is 10.4. The van der Waals surface area contributed by atoms with Crippen LogP contribution >= 0.6 is 45.9 Å². The molecule has 0 bridgehead atoms. The molecule has 0 unspecified atom stereocenters. The summed E-state index contributed by atoms with van der Waals surface area (Å²) in [4.78, 5) is 23.5. The van der Waals surface area contributed by atoms with Gasteiger partial charge in [0.15, 0.2) is 0 Å². The van der Waals surface area contributed by atoms with Crippen molar-refractivity contribution in [2.45, 2.75) is 0 Å². The lowest BCUT2D eigenvalue weighted by Gasteiger charge is -1.93. The molecular weight excluding hydrogens is 287 g/mol. The fraction of sp³-hybridized carbons (Fsp3) is 0. The molecule has 0 saturated heterocycles. The highest BCUT2D eigenvalue weighted by Gasteiger charge is 2.20. The van der Waals surface area contributed by atoms with E-state index in [0.29, 0.717) is 19.8 Å². The van der Waals surface area contributed by atoms with Gasteiger partial charge in [-0.05, 0) is 12.1 Å². The number of ketones is 2. The second-order valence-electron chi connectivity index (χ2n) is 2.94. The van der Waals surface area contributed by atoms with Crippen molar-refractivity contribution in [1.29, 1.82) is 0 Å². The number of Topliss-reactive ketones (excluding diaryl/α,β-unsaturated/α-hetero) is 2. The molecule has 2 heterocycles. The minimum atomic E-state index is -0.558.